The maximum Gasteiger partial charge on any atom is 0.142 e. The molecule has 4 nitrogen and oxygen atoms in total. The van der Waals surface area contributed by atoms with Gasteiger partial charge in [-0.15, -0.1) is 0 Å². The molecule has 3 rings (SSSR count). The Morgan fingerprint density at radius 1 is 1.18 bits per heavy atom. The van der Waals surface area contributed by atoms with E-state index in [1.165, 1.54) is 0 Å². The van der Waals surface area contributed by atoms with Crippen LogP contribution in [0, 0.1) is 0 Å². The van der Waals surface area contributed by atoms with Gasteiger partial charge in [0.1, 0.15) is 24.3 Å². The van der Waals surface area contributed by atoms with Crippen molar-refractivity contribution in [3.8, 4) is 11.5 Å². The predicted octanol–water partition coefficient (Wildman–Crippen LogP) is 3.59. The van der Waals surface area contributed by atoms with Crippen molar-refractivity contribution >= 4 is 5.69 Å². The lowest BCUT2D eigenvalue weighted by atomic mass is 10.2. The highest BCUT2D eigenvalue weighted by Gasteiger charge is 2.20. The third-order valence-electron chi connectivity index (χ3n) is 3.72. The molecule has 1 unspecified atom stereocenters. The first kappa shape index (κ1) is 14.3. The molecule has 0 radical (unpaired) electrons. The molecule has 1 aliphatic heterocycles. The van der Waals surface area contributed by atoms with Crippen LogP contribution in [0.5, 0.6) is 11.5 Å². The van der Waals surface area contributed by atoms with Crippen molar-refractivity contribution in [1.29, 1.82) is 0 Å². The molecule has 1 aliphatic rings. The van der Waals surface area contributed by atoms with E-state index in [1.807, 2.05) is 59.8 Å². The van der Waals surface area contributed by atoms with Crippen molar-refractivity contribution in [2.75, 3.05) is 4.90 Å². The Labute approximate surface area is 130 Å². The van der Waals surface area contributed by atoms with E-state index in [9.17, 15) is 5.11 Å². The fourth-order valence-corrected chi connectivity index (χ4v) is 2.53. The van der Waals surface area contributed by atoms with Gasteiger partial charge >= 0.3 is 0 Å². The molecule has 22 heavy (non-hydrogen) atoms. The highest BCUT2D eigenvalue weighted by atomic mass is 16.5. The summed E-state index contributed by atoms with van der Waals surface area (Å²) in [6.45, 7) is 2.59. The maximum absolute atomic E-state index is 10.3. The lowest BCUT2D eigenvalue weighted by Gasteiger charge is -2.25. The minimum absolute atomic E-state index is 0.182. The van der Waals surface area contributed by atoms with Crippen molar-refractivity contribution in [2.24, 2.45) is 0 Å². The molecular weight excluding hydrogens is 276 g/mol. The second-order valence-corrected chi connectivity index (χ2v) is 5.24. The molecule has 0 saturated carbocycles. The molecular formula is C18H20N2O2. The number of rotatable bonds is 5. The first-order valence-electron chi connectivity index (χ1n) is 7.48. The normalized spacial score (nSPS) is 16.6. The summed E-state index contributed by atoms with van der Waals surface area (Å²) in [4.78, 5) is 2.02. The molecule has 0 aromatic heterocycles. The van der Waals surface area contributed by atoms with Crippen LogP contribution in [-0.2, 0) is 6.61 Å². The standard InChI is InChI=1S/C18H20N2O2/c1-2-18-19-10-11-20(18)16-9-8-15(12-17(16)21)22-13-14-6-4-3-5-7-14/h3-12,18-19,21H,2,13H2,1H3. The Kier molecular flexibility index (Phi) is 4.19. The molecule has 114 valence electrons. The van der Waals surface area contributed by atoms with E-state index < -0.39 is 0 Å². The summed E-state index contributed by atoms with van der Waals surface area (Å²) in [7, 11) is 0. The van der Waals surface area contributed by atoms with Crippen molar-refractivity contribution in [2.45, 2.75) is 26.1 Å². The third-order valence-corrected chi connectivity index (χ3v) is 3.72. The van der Waals surface area contributed by atoms with Gasteiger partial charge in [-0.3, -0.25) is 0 Å². The molecule has 1 atom stereocenters. The minimum Gasteiger partial charge on any atom is -0.506 e. The number of aromatic hydroxyl groups is 1. The zero-order valence-electron chi connectivity index (χ0n) is 12.6. The van der Waals surface area contributed by atoms with Gasteiger partial charge in [-0.05, 0) is 24.1 Å². The van der Waals surface area contributed by atoms with E-state index in [-0.39, 0.29) is 11.9 Å². The summed E-state index contributed by atoms with van der Waals surface area (Å²) >= 11 is 0. The van der Waals surface area contributed by atoms with E-state index in [4.69, 9.17) is 4.74 Å². The van der Waals surface area contributed by atoms with E-state index in [0.29, 0.717) is 12.4 Å². The van der Waals surface area contributed by atoms with Crippen LogP contribution in [0.4, 0.5) is 5.69 Å². The van der Waals surface area contributed by atoms with Crippen molar-refractivity contribution in [1.82, 2.24) is 5.32 Å². The first-order valence-corrected chi connectivity index (χ1v) is 7.48. The van der Waals surface area contributed by atoms with Crippen LogP contribution in [0.2, 0.25) is 0 Å². The van der Waals surface area contributed by atoms with Crippen LogP contribution in [0.25, 0.3) is 0 Å². The molecule has 0 saturated heterocycles. The van der Waals surface area contributed by atoms with Gasteiger partial charge in [0.25, 0.3) is 0 Å². The Morgan fingerprint density at radius 2 is 2.00 bits per heavy atom. The maximum atomic E-state index is 10.3. The fraction of sp³-hybridized carbons (Fsp3) is 0.222. The van der Waals surface area contributed by atoms with Gasteiger partial charge < -0.3 is 20.1 Å². The lowest BCUT2D eigenvalue weighted by molar-refractivity contribution is 0.304. The van der Waals surface area contributed by atoms with Crippen LogP contribution in [-0.4, -0.2) is 11.3 Å². The van der Waals surface area contributed by atoms with Gasteiger partial charge in [0, 0.05) is 18.5 Å². The molecule has 2 aromatic carbocycles. The summed E-state index contributed by atoms with van der Waals surface area (Å²) < 4.78 is 5.73. The molecule has 0 fully saturated rings. The fourth-order valence-electron chi connectivity index (χ4n) is 2.53. The number of benzene rings is 2. The monoisotopic (exact) mass is 296 g/mol. The number of ether oxygens (including phenoxy) is 1. The molecule has 0 bridgehead atoms. The molecule has 2 N–H and O–H groups in total. The number of hydrogen-bond donors (Lipinski definition) is 2. The van der Waals surface area contributed by atoms with Gasteiger partial charge in [-0.25, -0.2) is 0 Å². The second kappa shape index (κ2) is 6.43. The largest absolute Gasteiger partial charge is 0.506 e. The Bertz CT molecular complexity index is 655. The van der Waals surface area contributed by atoms with Gasteiger partial charge in [0.15, 0.2) is 0 Å². The Hall–Kier alpha value is -2.62. The summed E-state index contributed by atoms with van der Waals surface area (Å²) in [6.07, 6.45) is 4.96. The summed E-state index contributed by atoms with van der Waals surface area (Å²) in [6, 6.07) is 15.4. The number of phenols is 1. The number of hydrogen-bond acceptors (Lipinski definition) is 4. The molecule has 1 heterocycles. The molecule has 0 amide bonds. The molecule has 2 aromatic rings. The van der Waals surface area contributed by atoms with Crippen molar-refractivity contribution in [3.05, 3.63) is 66.5 Å². The first-order chi connectivity index (χ1) is 10.8. The number of nitrogens with zero attached hydrogens (tertiary/aromatic N) is 1. The number of anilines is 1. The van der Waals surface area contributed by atoms with E-state index in [0.717, 1.165) is 17.7 Å². The summed E-state index contributed by atoms with van der Waals surface area (Å²) in [5.41, 5.74) is 1.88. The number of phenolic OH excluding ortho intramolecular Hbond substituents is 1. The smallest absolute Gasteiger partial charge is 0.142 e. The summed E-state index contributed by atoms with van der Waals surface area (Å²) in [5.74, 6) is 0.881. The summed E-state index contributed by atoms with van der Waals surface area (Å²) in [5, 5.41) is 13.5. The van der Waals surface area contributed by atoms with Gasteiger partial charge in [-0.1, -0.05) is 37.3 Å². The average Bonchev–Trinajstić information content (AvgIpc) is 3.02. The third kappa shape index (κ3) is 3.01. The van der Waals surface area contributed by atoms with Gasteiger partial charge in [0.05, 0.1) is 5.69 Å². The predicted molar refractivity (Wildman–Crippen MR) is 87.7 cm³/mol. The van der Waals surface area contributed by atoms with E-state index >= 15 is 0 Å². The zero-order chi connectivity index (χ0) is 15.4. The molecule has 0 aliphatic carbocycles. The molecule has 0 spiro atoms. The van der Waals surface area contributed by atoms with Crippen LogP contribution < -0.4 is 15.0 Å². The van der Waals surface area contributed by atoms with Crippen LogP contribution in [0.3, 0.4) is 0 Å². The van der Waals surface area contributed by atoms with Crippen LogP contribution >= 0.6 is 0 Å². The average molecular weight is 296 g/mol. The minimum atomic E-state index is 0.182. The second-order valence-electron chi connectivity index (χ2n) is 5.24. The zero-order valence-corrected chi connectivity index (χ0v) is 12.6. The quantitative estimate of drug-likeness (QED) is 0.885. The SMILES string of the molecule is CCC1NC=CN1c1ccc(OCc2ccccc2)cc1O. The lowest BCUT2D eigenvalue weighted by Crippen LogP contribution is -2.34. The van der Waals surface area contributed by atoms with Crippen LogP contribution in [0.15, 0.2) is 60.9 Å². The van der Waals surface area contributed by atoms with Crippen molar-refractivity contribution < 1.29 is 9.84 Å². The van der Waals surface area contributed by atoms with E-state index in [2.05, 4.69) is 12.2 Å². The highest BCUT2D eigenvalue weighted by molar-refractivity contribution is 5.63. The number of nitrogens with one attached hydrogen (secondary N) is 1. The Balaban J connectivity index is 1.71. The topological polar surface area (TPSA) is 44.7 Å². The van der Waals surface area contributed by atoms with Gasteiger partial charge in [-0.2, -0.15) is 0 Å². The van der Waals surface area contributed by atoms with Gasteiger partial charge in [0.2, 0.25) is 0 Å². The highest BCUT2D eigenvalue weighted by Crippen LogP contribution is 2.34. The van der Waals surface area contributed by atoms with Crippen molar-refractivity contribution in [3.63, 3.8) is 0 Å². The molecule has 4 heteroatoms. The Morgan fingerprint density at radius 3 is 2.73 bits per heavy atom. The van der Waals surface area contributed by atoms with E-state index in [1.54, 1.807) is 6.07 Å². The van der Waals surface area contributed by atoms with Crippen LogP contribution in [0.1, 0.15) is 18.9 Å².